The molecule has 4 bridgehead atoms. The third kappa shape index (κ3) is 3.07. The van der Waals surface area contributed by atoms with Crippen LogP contribution in [0, 0.1) is 11.3 Å². The van der Waals surface area contributed by atoms with Crippen molar-refractivity contribution in [2.75, 3.05) is 38.3 Å². The summed E-state index contributed by atoms with van der Waals surface area (Å²) in [6.07, 6.45) is 6.06. The molecule has 8 heteroatoms. The maximum atomic E-state index is 12.3. The number of sulfonamides is 1. The van der Waals surface area contributed by atoms with Gasteiger partial charge in [0, 0.05) is 35.5 Å². The van der Waals surface area contributed by atoms with Crippen LogP contribution in [0.5, 0.6) is 5.75 Å². The number of hydrogen-bond donors (Lipinski definition) is 1. The molecule has 1 saturated heterocycles. The Kier molecular flexibility index (Phi) is 5.14. The average molecular weight is 525 g/mol. The molecule has 3 saturated carbocycles. The molecule has 2 heterocycles. The lowest BCUT2D eigenvalue weighted by Gasteiger charge is -2.73. The fourth-order valence-corrected chi connectivity index (χ4v) is 9.77. The maximum Gasteiger partial charge on any atom is 0.229 e. The molecule has 2 spiro atoms. The van der Waals surface area contributed by atoms with Crippen LogP contribution in [0.15, 0.2) is 42.5 Å². The molecule has 4 fully saturated rings. The number of fused-ring (bicyclic) bond motifs is 2. The monoisotopic (exact) mass is 524 g/mol. The predicted octanol–water partition coefficient (Wildman–Crippen LogP) is 3.72. The van der Waals surface area contributed by atoms with Crippen LogP contribution < -0.4 is 9.46 Å². The summed E-state index contributed by atoms with van der Waals surface area (Å²) in [7, 11) is 0.660. The number of benzene rings is 2. The van der Waals surface area contributed by atoms with E-state index in [0.717, 1.165) is 44.4 Å². The van der Waals surface area contributed by atoms with Gasteiger partial charge in [0.1, 0.15) is 17.5 Å². The minimum absolute atomic E-state index is 0.0493. The molecule has 2 aromatic rings. The normalized spacial score (nSPS) is 37.2. The van der Waals surface area contributed by atoms with E-state index in [1.54, 1.807) is 0 Å². The van der Waals surface area contributed by atoms with Crippen LogP contribution in [0.1, 0.15) is 42.4 Å². The Bertz CT molecular complexity index is 1350. The van der Waals surface area contributed by atoms with Crippen molar-refractivity contribution < 1.29 is 22.6 Å². The molecule has 0 radical (unpaired) electrons. The lowest BCUT2D eigenvalue weighted by atomic mass is 9.35. The predicted molar refractivity (Wildman–Crippen MR) is 141 cm³/mol. The Morgan fingerprint density at radius 3 is 2.70 bits per heavy atom. The van der Waals surface area contributed by atoms with Crippen molar-refractivity contribution in [3.8, 4) is 5.75 Å². The zero-order valence-corrected chi connectivity index (χ0v) is 22.6. The summed E-state index contributed by atoms with van der Waals surface area (Å²) in [5, 5.41) is 0. The van der Waals surface area contributed by atoms with Gasteiger partial charge in [-0.2, -0.15) is 0 Å². The molecule has 37 heavy (non-hydrogen) atoms. The first-order chi connectivity index (χ1) is 17.7. The van der Waals surface area contributed by atoms with Gasteiger partial charge in [0.05, 0.1) is 25.2 Å². The van der Waals surface area contributed by atoms with Crippen LogP contribution in [0.2, 0.25) is 0 Å². The van der Waals surface area contributed by atoms with Crippen LogP contribution >= 0.6 is 0 Å². The molecule has 2 aliphatic heterocycles. The van der Waals surface area contributed by atoms with Crippen LogP contribution in [0.3, 0.4) is 0 Å². The molecule has 2 aromatic carbocycles. The lowest BCUT2D eigenvalue weighted by Crippen LogP contribution is -2.81. The van der Waals surface area contributed by atoms with Crippen LogP contribution in [-0.4, -0.2) is 64.6 Å². The fraction of sp³-hybridized carbons (Fsp3) is 0.586. The van der Waals surface area contributed by atoms with E-state index in [1.807, 2.05) is 31.4 Å². The minimum Gasteiger partial charge on any atom is -0.484 e. The summed E-state index contributed by atoms with van der Waals surface area (Å²) in [5.41, 5.74) is 3.67. The summed E-state index contributed by atoms with van der Waals surface area (Å²) >= 11 is 0. The molecule has 4 aliphatic carbocycles. The van der Waals surface area contributed by atoms with E-state index in [-0.39, 0.29) is 22.9 Å². The van der Waals surface area contributed by atoms with Crippen molar-refractivity contribution in [3.05, 3.63) is 59.2 Å². The van der Waals surface area contributed by atoms with E-state index >= 15 is 0 Å². The summed E-state index contributed by atoms with van der Waals surface area (Å²) < 4.78 is 47.2. The molecule has 7 nitrogen and oxygen atoms in total. The Morgan fingerprint density at radius 2 is 1.95 bits per heavy atom. The number of rotatable bonds is 7. The quantitative estimate of drug-likeness (QED) is 0.595. The smallest absolute Gasteiger partial charge is 0.229 e. The van der Waals surface area contributed by atoms with Crippen molar-refractivity contribution >= 4 is 15.7 Å². The van der Waals surface area contributed by atoms with Gasteiger partial charge in [-0.05, 0) is 62.9 Å². The second-order valence-corrected chi connectivity index (χ2v) is 13.7. The highest BCUT2D eigenvalue weighted by Crippen LogP contribution is 2.76. The summed E-state index contributed by atoms with van der Waals surface area (Å²) in [6, 6.07) is 14.7. The number of ether oxygens (including phenoxy) is 3. The zero-order valence-electron chi connectivity index (χ0n) is 21.8. The molecule has 0 aromatic heterocycles. The van der Waals surface area contributed by atoms with Crippen molar-refractivity contribution in [1.29, 1.82) is 0 Å². The van der Waals surface area contributed by atoms with Crippen LogP contribution in [0.4, 0.5) is 5.69 Å². The molecular formula is C29H36N2O5S. The Hall–Kier alpha value is -2.13. The highest BCUT2D eigenvalue weighted by Gasteiger charge is 2.80. The van der Waals surface area contributed by atoms with Crippen molar-refractivity contribution in [2.45, 2.75) is 61.9 Å². The SMILES string of the molecule is CO[C@]12CC[C@@]3(C[C@@H]1COCc1ccccc1)[C@H]1Cc4ccc(NS(C)(=O)=O)c5c4[C@@]3(CCN1C)[C@H]2O5. The number of anilines is 1. The van der Waals surface area contributed by atoms with Gasteiger partial charge in [0.2, 0.25) is 10.0 Å². The molecule has 8 rings (SSSR count). The Balaban J connectivity index is 1.33. The number of methoxy groups -OCH3 is 1. The van der Waals surface area contributed by atoms with Gasteiger partial charge in [0.25, 0.3) is 0 Å². The number of nitrogens with one attached hydrogen (secondary N) is 1. The number of piperidine rings is 1. The highest BCUT2D eigenvalue weighted by molar-refractivity contribution is 7.92. The minimum atomic E-state index is -3.44. The largest absolute Gasteiger partial charge is 0.484 e. The first-order valence-corrected chi connectivity index (χ1v) is 15.3. The molecule has 1 N–H and O–H groups in total. The van der Waals surface area contributed by atoms with Gasteiger partial charge >= 0.3 is 0 Å². The second kappa shape index (κ2) is 7.94. The van der Waals surface area contributed by atoms with E-state index < -0.39 is 15.6 Å². The first kappa shape index (κ1) is 23.9. The van der Waals surface area contributed by atoms with Gasteiger partial charge in [-0.15, -0.1) is 0 Å². The highest BCUT2D eigenvalue weighted by atomic mass is 32.2. The third-order valence-corrected chi connectivity index (χ3v) is 11.1. The second-order valence-electron chi connectivity index (χ2n) is 12.0. The Morgan fingerprint density at radius 1 is 1.14 bits per heavy atom. The molecule has 0 amide bonds. The van der Waals surface area contributed by atoms with Crippen LogP contribution in [-0.2, 0) is 37.9 Å². The van der Waals surface area contributed by atoms with E-state index in [4.69, 9.17) is 14.2 Å². The number of likely N-dealkylation sites (tertiary alicyclic amines) is 1. The first-order valence-electron chi connectivity index (χ1n) is 13.4. The summed E-state index contributed by atoms with van der Waals surface area (Å²) in [6.45, 7) is 2.20. The van der Waals surface area contributed by atoms with E-state index in [0.29, 0.717) is 24.9 Å². The zero-order chi connectivity index (χ0) is 25.6. The van der Waals surface area contributed by atoms with E-state index in [2.05, 4.69) is 34.9 Å². The van der Waals surface area contributed by atoms with E-state index in [1.165, 1.54) is 22.9 Å². The van der Waals surface area contributed by atoms with Gasteiger partial charge in [-0.3, -0.25) is 4.72 Å². The van der Waals surface area contributed by atoms with Gasteiger partial charge in [-0.25, -0.2) is 8.42 Å². The van der Waals surface area contributed by atoms with Gasteiger partial charge < -0.3 is 19.1 Å². The van der Waals surface area contributed by atoms with E-state index in [9.17, 15) is 8.42 Å². The summed E-state index contributed by atoms with van der Waals surface area (Å²) in [5.74, 6) is 0.929. The molecule has 198 valence electrons. The molecular weight excluding hydrogens is 488 g/mol. The Labute approximate surface area is 219 Å². The van der Waals surface area contributed by atoms with Crippen molar-refractivity contribution in [3.63, 3.8) is 0 Å². The number of likely N-dealkylation sites (N-methyl/N-ethyl adjacent to an activating group) is 1. The maximum absolute atomic E-state index is 12.3. The van der Waals surface area contributed by atoms with Gasteiger partial charge in [0.15, 0.2) is 0 Å². The number of hydrogen-bond acceptors (Lipinski definition) is 6. The van der Waals surface area contributed by atoms with Crippen molar-refractivity contribution in [1.82, 2.24) is 4.90 Å². The standard InChI is InChI=1S/C29H36N2O5S/c1-31-14-13-28-24-20-9-10-22(30-37(3,32)33)25(24)36-26(28)29(34-2)12-11-27(28,23(31)15-20)16-21(29)18-35-17-19-7-5-4-6-8-19/h4-10,21,23,26,30H,11-18H2,1-3H3/t21-,23-,26-,27-,28+,29-/m1/s1. The molecule has 0 unspecified atom stereocenters. The third-order valence-electron chi connectivity index (χ3n) is 10.5. The average Bonchev–Trinajstić information content (AvgIpc) is 3.24. The van der Waals surface area contributed by atoms with Gasteiger partial charge in [-0.1, -0.05) is 36.4 Å². The molecule has 6 aliphatic rings. The lowest BCUT2D eigenvalue weighted by molar-refractivity contribution is -0.282. The topological polar surface area (TPSA) is 77.1 Å². The summed E-state index contributed by atoms with van der Waals surface area (Å²) in [4.78, 5) is 2.57. The number of nitrogens with zero attached hydrogens (tertiary/aromatic N) is 1. The van der Waals surface area contributed by atoms with Crippen molar-refractivity contribution in [2.24, 2.45) is 11.3 Å². The van der Waals surface area contributed by atoms with Crippen LogP contribution in [0.25, 0.3) is 0 Å². The molecule has 6 atom stereocenters. The fourth-order valence-electron chi connectivity index (χ4n) is 9.21.